The highest BCUT2D eigenvalue weighted by atomic mass is 35.5. The van der Waals surface area contributed by atoms with Crippen LogP contribution >= 0.6 is 11.6 Å². The zero-order valence-corrected chi connectivity index (χ0v) is 14.4. The molecule has 0 bridgehead atoms. The highest BCUT2D eigenvalue weighted by Gasteiger charge is 2.12. The molecule has 0 spiro atoms. The lowest BCUT2D eigenvalue weighted by molar-refractivity contribution is 0.174. The Bertz CT molecular complexity index is 661. The van der Waals surface area contributed by atoms with Gasteiger partial charge in [0.05, 0.1) is 18.2 Å². The maximum atomic E-state index is 10.2. The van der Waals surface area contributed by atoms with Crippen LogP contribution < -0.4 is 14.8 Å². The maximum absolute atomic E-state index is 10.2. The van der Waals surface area contributed by atoms with Crippen LogP contribution in [0, 0.1) is 0 Å². The topological polar surface area (TPSA) is 50.7 Å². The predicted molar refractivity (Wildman–Crippen MR) is 96.8 cm³/mol. The lowest BCUT2D eigenvalue weighted by Crippen LogP contribution is -2.21. The molecule has 128 valence electrons. The van der Waals surface area contributed by atoms with Crippen molar-refractivity contribution >= 4 is 11.6 Å². The van der Waals surface area contributed by atoms with E-state index < -0.39 is 6.10 Å². The molecule has 0 aromatic heterocycles. The second-order valence-corrected chi connectivity index (χ2v) is 5.67. The van der Waals surface area contributed by atoms with E-state index in [-0.39, 0.29) is 0 Å². The number of hydrogen-bond acceptors (Lipinski definition) is 4. The number of benzene rings is 2. The summed E-state index contributed by atoms with van der Waals surface area (Å²) in [5.74, 6) is 1.08. The Morgan fingerprint density at radius 1 is 1.29 bits per heavy atom. The van der Waals surface area contributed by atoms with Gasteiger partial charge in [-0.15, -0.1) is 0 Å². The standard InChI is InChI=1S/C19H22ClNO3/c1-3-9-24-19-16(20)10-14(11-18(19)23-2)12-21-13-17(22)15-7-5-4-6-8-15/h3-8,10-11,17,21-22H,1,9,12-13H2,2H3/t17-/m1/s1. The average molecular weight is 348 g/mol. The van der Waals surface area contributed by atoms with Gasteiger partial charge in [-0.2, -0.15) is 0 Å². The number of rotatable bonds is 9. The van der Waals surface area contributed by atoms with E-state index in [1.807, 2.05) is 42.5 Å². The predicted octanol–water partition coefficient (Wildman–Crippen LogP) is 3.74. The second kappa shape index (κ2) is 9.33. The van der Waals surface area contributed by atoms with Gasteiger partial charge in [0.2, 0.25) is 0 Å². The monoisotopic (exact) mass is 347 g/mol. The van der Waals surface area contributed by atoms with Gasteiger partial charge in [0.1, 0.15) is 6.61 Å². The van der Waals surface area contributed by atoms with Crippen LogP contribution in [0.2, 0.25) is 5.02 Å². The molecule has 0 saturated carbocycles. The minimum Gasteiger partial charge on any atom is -0.493 e. The van der Waals surface area contributed by atoms with Crippen molar-refractivity contribution in [1.82, 2.24) is 5.32 Å². The summed E-state index contributed by atoms with van der Waals surface area (Å²) >= 11 is 6.27. The first-order valence-corrected chi connectivity index (χ1v) is 8.07. The van der Waals surface area contributed by atoms with Crippen molar-refractivity contribution in [3.63, 3.8) is 0 Å². The van der Waals surface area contributed by atoms with Crippen LogP contribution in [0.1, 0.15) is 17.2 Å². The van der Waals surface area contributed by atoms with E-state index in [1.165, 1.54) is 0 Å². The van der Waals surface area contributed by atoms with Crippen molar-refractivity contribution in [2.75, 3.05) is 20.3 Å². The van der Waals surface area contributed by atoms with Crippen LogP contribution in [-0.4, -0.2) is 25.4 Å². The molecule has 0 aliphatic heterocycles. The van der Waals surface area contributed by atoms with Crippen molar-refractivity contribution < 1.29 is 14.6 Å². The van der Waals surface area contributed by atoms with Crippen LogP contribution in [0.3, 0.4) is 0 Å². The first-order chi connectivity index (χ1) is 11.7. The van der Waals surface area contributed by atoms with E-state index in [4.69, 9.17) is 21.1 Å². The van der Waals surface area contributed by atoms with Crippen molar-refractivity contribution in [2.24, 2.45) is 0 Å². The van der Waals surface area contributed by atoms with Crippen LogP contribution in [0.4, 0.5) is 0 Å². The zero-order chi connectivity index (χ0) is 17.4. The summed E-state index contributed by atoms with van der Waals surface area (Å²) in [6, 6.07) is 13.2. The molecule has 0 saturated heterocycles. The molecule has 0 fully saturated rings. The van der Waals surface area contributed by atoms with Gasteiger partial charge in [0.15, 0.2) is 11.5 Å². The molecule has 2 rings (SSSR count). The highest BCUT2D eigenvalue weighted by molar-refractivity contribution is 6.32. The molecular formula is C19H22ClNO3. The van der Waals surface area contributed by atoms with Gasteiger partial charge in [0, 0.05) is 13.1 Å². The Balaban J connectivity index is 1.97. The van der Waals surface area contributed by atoms with E-state index in [1.54, 1.807) is 13.2 Å². The van der Waals surface area contributed by atoms with E-state index in [0.29, 0.717) is 36.2 Å². The summed E-state index contributed by atoms with van der Waals surface area (Å²) < 4.78 is 10.9. The number of methoxy groups -OCH3 is 1. The summed E-state index contributed by atoms with van der Waals surface area (Å²) in [5.41, 5.74) is 1.83. The Morgan fingerprint density at radius 2 is 2.04 bits per heavy atom. The lowest BCUT2D eigenvalue weighted by atomic mass is 10.1. The molecule has 2 N–H and O–H groups in total. The van der Waals surface area contributed by atoms with Gasteiger partial charge in [-0.1, -0.05) is 54.6 Å². The maximum Gasteiger partial charge on any atom is 0.180 e. The fourth-order valence-electron chi connectivity index (χ4n) is 2.30. The number of aliphatic hydroxyl groups is 1. The summed E-state index contributed by atoms with van der Waals surface area (Å²) in [4.78, 5) is 0. The number of ether oxygens (including phenoxy) is 2. The fraction of sp³-hybridized carbons (Fsp3) is 0.263. The molecule has 0 unspecified atom stereocenters. The average Bonchev–Trinajstić information content (AvgIpc) is 2.61. The zero-order valence-electron chi connectivity index (χ0n) is 13.7. The molecule has 24 heavy (non-hydrogen) atoms. The third-order valence-electron chi connectivity index (χ3n) is 3.49. The number of hydrogen-bond donors (Lipinski definition) is 2. The lowest BCUT2D eigenvalue weighted by Gasteiger charge is -2.15. The molecule has 4 nitrogen and oxygen atoms in total. The third kappa shape index (κ3) is 4.99. The Labute approximate surface area is 147 Å². The fourth-order valence-corrected chi connectivity index (χ4v) is 2.59. The molecule has 0 aliphatic rings. The first kappa shape index (κ1) is 18.3. The number of nitrogens with one attached hydrogen (secondary N) is 1. The summed E-state index contributed by atoms with van der Waals surface area (Å²) in [6.07, 6.45) is 1.09. The molecule has 0 amide bonds. The number of aliphatic hydroxyl groups excluding tert-OH is 1. The van der Waals surface area contributed by atoms with E-state index in [2.05, 4.69) is 11.9 Å². The molecule has 0 radical (unpaired) electrons. The first-order valence-electron chi connectivity index (χ1n) is 7.69. The van der Waals surface area contributed by atoms with Crippen LogP contribution in [0.15, 0.2) is 55.1 Å². The van der Waals surface area contributed by atoms with Gasteiger partial charge in [0.25, 0.3) is 0 Å². The summed E-state index contributed by atoms with van der Waals surface area (Å²) in [6.45, 7) is 4.98. The van der Waals surface area contributed by atoms with Crippen LogP contribution in [0.5, 0.6) is 11.5 Å². The molecular weight excluding hydrogens is 326 g/mol. The molecule has 1 atom stereocenters. The second-order valence-electron chi connectivity index (χ2n) is 5.27. The van der Waals surface area contributed by atoms with Gasteiger partial charge < -0.3 is 19.9 Å². The molecule has 2 aromatic rings. The van der Waals surface area contributed by atoms with Crippen molar-refractivity contribution in [3.05, 3.63) is 71.3 Å². The van der Waals surface area contributed by atoms with Crippen LogP contribution in [-0.2, 0) is 6.54 Å². The molecule has 2 aromatic carbocycles. The molecule has 0 aliphatic carbocycles. The molecule has 0 heterocycles. The highest BCUT2D eigenvalue weighted by Crippen LogP contribution is 2.36. The van der Waals surface area contributed by atoms with Crippen molar-refractivity contribution in [1.29, 1.82) is 0 Å². The normalized spacial score (nSPS) is 11.8. The smallest absolute Gasteiger partial charge is 0.180 e. The summed E-state index contributed by atoms with van der Waals surface area (Å²) in [5, 5.41) is 13.9. The van der Waals surface area contributed by atoms with Gasteiger partial charge in [-0.05, 0) is 23.3 Å². The van der Waals surface area contributed by atoms with Gasteiger partial charge in [-0.3, -0.25) is 0 Å². The van der Waals surface area contributed by atoms with E-state index >= 15 is 0 Å². The minimum absolute atomic E-state index is 0.358. The van der Waals surface area contributed by atoms with Gasteiger partial charge >= 0.3 is 0 Å². The van der Waals surface area contributed by atoms with Crippen molar-refractivity contribution in [3.8, 4) is 11.5 Å². The largest absolute Gasteiger partial charge is 0.493 e. The minimum atomic E-state index is -0.557. The van der Waals surface area contributed by atoms with E-state index in [9.17, 15) is 5.11 Å². The van der Waals surface area contributed by atoms with Gasteiger partial charge in [-0.25, -0.2) is 0 Å². The number of halogens is 1. The van der Waals surface area contributed by atoms with Crippen LogP contribution in [0.25, 0.3) is 0 Å². The molecule has 5 heteroatoms. The Hall–Kier alpha value is -2.01. The quantitative estimate of drug-likeness (QED) is 0.678. The van der Waals surface area contributed by atoms with Crippen molar-refractivity contribution in [2.45, 2.75) is 12.6 Å². The Morgan fingerprint density at radius 3 is 2.71 bits per heavy atom. The summed E-state index contributed by atoms with van der Waals surface area (Å²) in [7, 11) is 1.57. The Kier molecular flexibility index (Phi) is 7.12. The van der Waals surface area contributed by atoms with E-state index in [0.717, 1.165) is 11.1 Å². The SMILES string of the molecule is C=CCOc1c(Cl)cc(CNC[C@@H](O)c2ccccc2)cc1OC. The third-order valence-corrected chi connectivity index (χ3v) is 3.77.